The molecule has 0 aliphatic rings. The summed E-state index contributed by atoms with van der Waals surface area (Å²) in [6.07, 6.45) is 0.423. The van der Waals surface area contributed by atoms with Crippen molar-refractivity contribution in [3.05, 3.63) is 34.6 Å². The van der Waals surface area contributed by atoms with Gasteiger partial charge in [0, 0.05) is 5.02 Å². The summed E-state index contributed by atoms with van der Waals surface area (Å²) in [5.41, 5.74) is 6.04. The van der Waals surface area contributed by atoms with Gasteiger partial charge in [-0.05, 0) is 37.1 Å². The van der Waals surface area contributed by atoms with Gasteiger partial charge in [-0.3, -0.25) is 0 Å². The molecule has 1 atom stereocenters. The van der Waals surface area contributed by atoms with E-state index in [0.717, 1.165) is 5.56 Å². The van der Waals surface area contributed by atoms with Crippen LogP contribution in [0.3, 0.4) is 0 Å². The first-order chi connectivity index (χ1) is 6.63. The molecular weight excluding hydrogens is 205 g/mol. The second-order valence-corrected chi connectivity index (χ2v) is 3.58. The van der Waals surface area contributed by atoms with Gasteiger partial charge in [-0.25, -0.2) is 4.39 Å². The predicted molar refractivity (Wildman–Crippen MR) is 54.8 cm³/mol. The highest BCUT2D eigenvalue weighted by Crippen LogP contribution is 2.19. The van der Waals surface area contributed by atoms with Gasteiger partial charge in [0.25, 0.3) is 0 Å². The molecule has 0 aliphatic carbocycles. The van der Waals surface area contributed by atoms with Crippen molar-refractivity contribution in [2.24, 2.45) is 5.73 Å². The number of halogens is 2. The summed E-state index contributed by atoms with van der Waals surface area (Å²) in [5, 5.41) is 9.81. The number of hydrogen-bond acceptors (Lipinski definition) is 2. The van der Waals surface area contributed by atoms with Crippen molar-refractivity contribution in [2.45, 2.75) is 18.9 Å². The summed E-state index contributed by atoms with van der Waals surface area (Å²) in [6, 6.07) is 4.15. The molecule has 0 aliphatic heterocycles. The molecule has 0 saturated heterocycles. The van der Waals surface area contributed by atoms with Crippen LogP contribution in [0.15, 0.2) is 18.2 Å². The van der Waals surface area contributed by atoms with Crippen LogP contribution in [0.4, 0.5) is 4.39 Å². The Bertz CT molecular complexity index is 306. The molecule has 1 aromatic carbocycles. The normalized spacial score (nSPS) is 12.9. The van der Waals surface area contributed by atoms with E-state index in [2.05, 4.69) is 0 Å². The predicted octanol–water partition coefficient (Wildman–Crippen LogP) is 1.73. The zero-order valence-corrected chi connectivity index (χ0v) is 8.47. The molecule has 0 bridgehead atoms. The minimum absolute atomic E-state index is 0.348. The molecule has 78 valence electrons. The number of nitrogens with two attached hydrogens (primary N) is 1. The SMILES string of the molecule is NCCC(O)Cc1ccc(F)cc1Cl. The van der Waals surface area contributed by atoms with Crippen LogP contribution in [0.2, 0.25) is 5.02 Å². The molecule has 2 nitrogen and oxygen atoms in total. The van der Waals surface area contributed by atoms with Crippen LogP contribution in [0.25, 0.3) is 0 Å². The quantitative estimate of drug-likeness (QED) is 0.807. The molecule has 1 unspecified atom stereocenters. The molecule has 0 fully saturated rings. The summed E-state index contributed by atoms with van der Waals surface area (Å²) in [5.74, 6) is -0.368. The van der Waals surface area contributed by atoms with Crippen LogP contribution in [0, 0.1) is 5.82 Å². The van der Waals surface area contributed by atoms with Crippen molar-refractivity contribution in [1.29, 1.82) is 0 Å². The van der Waals surface area contributed by atoms with E-state index in [1.54, 1.807) is 6.07 Å². The Hall–Kier alpha value is -0.640. The summed E-state index contributed by atoms with van der Waals surface area (Å²) in [6.45, 7) is 0.431. The van der Waals surface area contributed by atoms with Crippen molar-refractivity contribution in [3.63, 3.8) is 0 Å². The fraction of sp³-hybridized carbons (Fsp3) is 0.400. The third-order valence-electron chi connectivity index (χ3n) is 1.97. The van der Waals surface area contributed by atoms with Crippen LogP contribution in [-0.4, -0.2) is 17.8 Å². The van der Waals surface area contributed by atoms with E-state index >= 15 is 0 Å². The molecule has 0 heterocycles. The number of hydrogen-bond donors (Lipinski definition) is 2. The number of rotatable bonds is 4. The Balaban J connectivity index is 2.67. The second-order valence-electron chi connectivity index (χ2n) is 3.17. The van der Waals surface area contributed by atoms with Crippen molar-refractivity contribution in [1.82, 2.24) is 0 Å². The lowest BCUT2D eigenvalue weighted by Crippen LogP contribution is -2.16. The highest BCUT2D eigenvalue weighted by Gasteiger charge is 2.08. The molecule has 4 heteroatoms. The molecule has 14 heavy (non-hydrogen) atoms. The highest BCUT2D eigenvalue weighted by atomic mass is 35.5. The second kappa shape index (κ2) is 5.29. The van der Waals surface area contributed by atoms with Crippen molar-refractivity contribution < 1.29 is 9.50 Å². The van der Waals surface area contributed by atoms with Gasteiger partial charge in [0.05, 0.1) is 6.10 Å². The minimum Gasteiger partial charge on any atom is -0.393 e. The Morgan fingerprint density at radius 1 is 1.50 bits per heavy atom. The highest BCUT2D eigenvalue weighted by molar-refractivity contribution is 6.31. The van der Waals surface area contributed by atoms with Gasteiger partial charge in [-0.15, -0.1) is 0 Å². The zero-order valence-electron chi connectivity index (χ0n) is 7.71. The summed E-state index contributed by atoms with van der Waals surface area (Å²) in [7, 11) is 0. The lowest BCUT2D eigenvalue weighted by atomic mass is 10.1. The molecule has 0 aromatic heterocycles. The maximum absolute atomic E-state index is 12.7. The smallest absolute Gasteiger partial charge is 0.124 e. The van der Waals surface area contributed by atoms with E-state index in [9.17, 15) is 9.50 Å². The van der Waals surface area contributed by atoms with Gasteiger partial charge < -0.3 is 10.8 Å². The largest absolute Gasteiger partial charge is 0.393 e. The molecule has 3 N–H and O–H groups in total. The average molecular weight is 218 g/mol. The van der Waals surface area contributed by atoms with Gasteiger partial charge in [0.1, 0.15) is 5.82 Å². The van der Waals surface area contributed by atoms with Crippen LogP contribution in [0.5, 0.6) is 0 Å². The Labute approximate surface area is 87.5 Å². The Kier molecular flexibility index (Phi) is 4.32. The average Bonchev–Trinajstić information content (AvgIpc) is 2.10. The Morgan fingerprint density at radius 3 is 2.79 bits per heavy atom. The van der Waals surface area contributed by atoms with Gasteiger partial charge in [0.2, 0.25) is 0 Å². The number of benzene rings is 1. The van der Waals surface area contributed by atoms with Crippen LogP contribution < -0.4 is 5.73 Å². The lowest BCUT2D eigenvalue weighted by Gasteiger charge is -2.10. The van der Waals surface area contributed by atoms with Gasteiger partial charge in [0.15, 0.2) is 0 Å². The Morgan fingerprint density at radius 2 is 2.21 bits per heavy atom. The summed E-state index contributed by atoms with van der Waals surface area (Å²) >= 11 is 5.79. The topological polar surface area (TPSA) is 46.2 Å². The van der Waals surface area contributed by atoms with Crippen molar-refractivity contribution >= 4 is 11.6 Å². The standard InChI is InChI=1S/C10H13ClFNO/c11-10-6-8(12)2-1-7(10)5-9(14)3-4-13/h1-2,6,9,14H,3-5,13H2. The molecule has 0 radical (unpaired) electrons. The van der Waals surface area contributed by atoms with Crippen molar-refractivity contribution in [2.75, 3.05) is 6.54 Å². The molecule has 0 amide bonds. The third kappa shape index (κ3) is 3.25. The molecule has 1 aromatic rings. The van der Waals surface area contributed by atoms with Crippen LogP contribution >= 0.6 is 11.6 Å². The summed E-state index contributed by atoms with van der Waals surface area (Å²) in [4.78, 5) is 0. The van der Waals surface area contributed by atoms with E-state index in [-0.39, 0.29) is 5.82 Å². The first-order valence-corrected chi connectivity index (χ1v) is 4.83. The van der Waals surface area contributed by atoms with E-state index in [1.807, 2.05) is 0 Å². The van der Waals surface area contributed by atoms with E-state index in [1.165, 1.54) is 12.1 Å². The molecular formula is C10H13ClFNO. The van der Waals surface area contributed by atoms with E-state index in [0.29, 0.717) is 24.4 Å². The fourth-order valence-electron chi connectivity index (χ4n) is 1.24. The van der Waals surface area contributed by atoms with Crippen molar-refractivity contribution in [3.8, 4) is 0 Å². The third-order valence-corrected chi connectivity index (χ3v) is 2.32. The number of aliphatic hydroxyl groups excluding tert-OH is 1. The monoisotopic (exact) mass is 217 g/mol. The zero-order chi connectivity index (χ0) is 10.6. The molecule has 0 saturated carbocycles. The van der Waals surface area contributed by atoms with Crippen LogP contribution in [0.1, 0.15) is 12.0 Å². The van der Waals surface area contributed by atoms with E-state index < -0.39 is 6.10 Å². The minimum atomic E-state index is -0.511. The summed E-state index contributed by atoms with van der Waals surface area (Å²) < 4.78 is 12.7. The van der Waals surface area contributed by atoms with Gasteiger partial charge in [-0.1, -0.05) is 17.7 Å². The first-order valence-electron chi connectivity index (χ1n) is 4.45. The molecule has 1 rings (SSSR count). The lowest BCUT2D eigenvalue weighted by molar-refractivity contribution is 0.167. The maximum atomic E-state index is 12.7. The van der Waals surface area contributed by atoms with Gasteiger partial charge in [-0.2, -0.15) is 0 Å². The van der Waals surface area contributed by atoms with Gasteiger partial charge >= 0.3 is 0 Å². The maximum Gasteiger partial charge on any atom is 0.124 e. The van der Waals surface area contributed by atoms with Crippen LogP contribution in [-0.2, 0) is 6.42 Å². The molecule has 0 spiro atoms. The first kappa shape index (κ1) is 11.4. The van der Waals surface area contributed by atoms with E-state index in [4.69, 9.17) is 17.3 Å². The fourth-order valence-corrected chi connectivity index (χ4v) is 1.48. The number of aliphatic hydroxyl groups is 1.